The van der Waals surface area contributed by atoms with Crippen LogP contribution in [-0.4, -0.2) is 8.42 Å². The molecule has 0 saturated heterocycles. The molecule has 4 nitrogen and oxygen atoms in total. The Labute approximate surface area is 191 Å². The molecule has 11 heteroatoms. The fourth-order valence-corrected chi connectivity index (χ4v) is 7.64. The Balaban J connectivity index is 2.03. The van der Waals surface area contributed by atoms with E-state index in [0.717, 1.165) is 0 Å². The van der Waals surface area contributed by atoms with E-state index in [2.05, 4.69) is 0 Å². The van der Waals surface area contributed by atoms with Crippen LogP contribution in [0.5, 0.6) is 0 Å². The minimum atomic E-state index is -4.41. The number of fused-ring (bicyclic) bond motifs is 2. The second-order valence-electron chi connectivity index (χ2n) is 5.91. The molecule has 2 heterocycles. The zero-order valence-corrected chi connectivity index (χ0v) is 19.3. The molecule has 0 amide bonds. The van der Waals surface area contributed by atoms with Gasteiger partial charge in [0.25, 0.3) is 9.48 Å². The number of hydrogen-bond donors (Lipinski definition) is 0. The summed E-state index contributed by atoms with van der Waals surface area (Å²) in [4.78, 5) is 24.1. The Kier molecular flexibility index (Phi) is 5.44. The van der Waals surface area contributed by atoms with Gasteiger partial charge in [0.1, 0.15) is 9.79 Å². The monoisotopic (exact) mass is 522 g/mol. The van der Waals surface area contributed by atoms with E-state index >= 15 is 0 Å². The minimum Gasteiger partial charge on any atom is -0.276 e. The van der Waals surface area contributed by atoms with Gasteiger partial charge in [-0.25, -0.2) is 8.42 Å². The molecular weight excluding hydrogens is 518 g/mol. The number of halogens is 4. The molecule has 0 saturated carbocycles. The normalized spacial score (nSPS) is 12.0. The Morgan fingerprint density at radius 2 is 1.00 bits per heavy atom. The van der Waals surface area contributed by atoms with Crippen molar-refractivity contribution in [2.24, 2.45) is 0 Å². The van der Waals surface area contributed by atoms with Gasteiger partial charge in [-0.05, 0) is 47.2 Å². The summed E-state index contributed by atoms with van der Waals surface area (Å²) >= 11 is 25.5. The predicted molar refractivity (Wildman–Crippen MR) is 122 cm³/mol. The summed E-state index contributed by atoms with van der Waals surface area (Å²) in [6.07, 6.45) is 0. The van der Waals surface area contributed by atoms with Crippen molar-refractivity contribution >= 4 is 99.1 Å². The molecule has 2 aromatic heterocycles. The van der Waals surface area contributed by atoms with E-state index in [-0.39, 0.29) is 10.0 Å². The Bertz CT molecular complexity index is 1440. The standard InChI is InChI=1S/C18H6Cl4O4S3/c19-9-1-7-3-13(17(23)27-15(7)11(21)5-9)29(25,26)14-4-8-2-10(20)6-12(22)16(8)28-18(14)24/h1-6H. The lowest BCUT2D eigenvalue weighted by atomic mass is 10.2. The van der Waals surface area contributed by atoms with Crippen molar-refractivity contribution < 1.29 is 8.42 Å². The Morgan fingerprint density at radius 3 is 1.38 bits per heavy atom. The van der Waals surface area contributed by atoms with Gasteiger partial charge in [0.05, 0.1) is 19.4 Å². The van der Waals surface area contributed by atoms with E-state index in [0.29, 0.717) is 52.9 Å². The summed E-state index contributed by atoms with van der Waals surface area (Å²) in [5, 5.41) is 1.82. The number of hydrogen-bond acceptors (Lipinski definition) is 6. The number of sulfone groups is 1. The van der Waals surface area contributed by atoms with Gasteiger partial charge in [0.2, 0.25) is 9.84 Å². The molecule has 0 aliphatic heterocycles. The van der Waals surface area contributed by atoms with Crippen molar-refractivity contribution in [1.29, 1.82) is 0 Å². The molecule has 0 unspecified atom stereocenters. The van der Waals surface area contributed by atoms with Crippen molar-refractivity contribution in [1.82, 2.24) is 0 Å². The molecule has 0 fully saturated rings. The third kappa shape index (κ3) is 3.70. The van der Waals surface area contributed by atoms with Crippen LogP contribution in [0.3, 0.4) is 0 Å². The summed E-state index contributed by atoms with van der Waals surface area (Å²) in [7, 11) is -4.41. The van der Waals surface area contributed by atoms with Crippen molar-refractivity contribution in [3.63, 3.8) is 0 Å². The van der Waals surface area contributed by atoms with Crippen molar-refractivity contribution in [2.45, 2.75) is 9.79 Å². The fourth-order valence-electron chi connectivity index (χ4n) is 2.77. The third-order valence-corrected chi connectivity index (χ3v) is 9.43. The van der Waals surface area contributed by atoms with Gasteiger partial charge in [-0.1, -0.05) is 69.1 Å². The highest BCUT2D eigenvalue weighted by atomic mass is 35.5. The van der Waals surface area contributed by atoms with E-state index in [9.17, 15) is 18.0 Å². The van der Waals surface area contributed by atoms with Crippen LogP contribution in [0.4, 0.5) is 0 Å². The lowest BCUT2D eigenvalue weighted by Gasteiger charge is -2.07. The molecule has 0 N–H and O–H groups in total. The minimum absolute atomic E-state index is 0.236. The third-order valence-electron chi connectivity index (χ3n) is 4.02. The maximum atomic E-state index is 13.2. The smallest absolute Gasteiger partial charge is 0.252 e. The van der Waals surface area contributed by atoms with Crippen LogP contribution < -0.4 is 9.48 Å². The second-order valence-corrected chi connectivity index (χ2v) is 11.5. The molecule has 4 aromatic rings. The van der Waals surface area contributed by atoms with Crippen LogP contribution in [0.2, 0.25) is 20.1 Å². The highest BCUT2D eigenvalue weighted by Crippen LogP contribution is 2.34. The van der Waals surface area contributed by atoms with E-state index in [1.807, 2.05) is 0 Å². The molecule has 0 bridgehead atoms. The van der Waals surface area contributed by atoms with Gasteiger partial charge in [0, 0.05) is 10.0 Å². The first kappa shape index (κ1) is 21.1. The summed E-state index contributed by atoms with van der Waals surface area (Å²) in [6, 6.07) is 8.28. The molecular formula is C18H6Cl4O4S3. The van der Waals surface area contributed by atoms with E-state index < -0.39 is 29.1 Å². The molecule has 0 aliphatic carbocycles. The quantitative estimate of drug-likeness (QED) is 0.310. The van der Waals surface area contributed by atoms with Crippen LogP contribution in [0.15, 0.2) is 55.8 Å². The molecule has 0 aliphatic rings. The fraction of sp³-hybridized carbons (Fsp3) is 0. The van der Waals surface area contributed by atoms with Crippen molar-refractivity contribution in [3.05, 3.63) is 75.6 Å². The molecule has 2 aromatic carbocycles. The lowest BCUT2D eigenvalue weighted by molar-refractivity contribution is 0.595. The Hall–Kier alpha value is -1.19. The molecule has 148 valence electrons. The van der Waals surface area contributed by atoms with Crippen LogP contribution in [0, 0.1) is 0 Å². The Morgan fingerprint density at radius 1 is 0.621 bits per heavy atom. The number of rotatable bonds is 2. The average Bonchev–Trinajstić information content (AvgIpc) is 2.62. The SMILES string of the molecule is O=c1sc2c(Cl)cc(Cl)cc2cc1S(=O)(=O)c1cc2cc(Cl)cc(Cl)c2sc1=O. The van der Waals surface area contributed by atoms with Gasteiger partial charge in [0.15, 0.2) is 0 Å². The molecule has 0 spiro atoms. The lowest BCUT2D eigenvalue weighted by Crippen LogP contribution is -2.18. The summed E-state index contributed by atoms with van der Waals surface area (Å²) < 4.78 is 25.7. The maximum Gasteiger partial charge on any atom is 0.252 e. The maximum absolute atomic E-state index is 13.2. The predicted octanol–water partition coefficient (Wildman–Crippen LogP) is 6.28. The van der Waals surface area contributed by atoms with E-state index in [1.54, 1.807) is 0 Å². The zero-order chi connectivity index (χ0) is 21.1. The average molecular weight is 524 g/mol. The largest absolute Gasteiger partial charge is 0.276 e. The van der Waals surface area contributed by atoms with Gasteiger partial charge in [-0.2, -0.15) is 0 Å². The van der Waals surface area contributed by atoms with Crippen LogP contribution in [0.25, 0.3) is 20.2 Å². The summed E-state index contributed by atoms with van der Waals surface area (Å²) in [5.74, 6) is 0. The van der Waals surface area contributed by atoms with Crippen LogP contribution in [-0.2, 0) is 9.84 Å². The van der Waals surface area contributed by atoms with Crippen LogP contribution >= 0.6 is 69.1 Å². The van der Waals surface area contributed by atoms with E-state index in [4.69, 9.17) is 46.4 Å². The number of benzene rings is 2. The van der Waals surface area contributed by atoms with Crippen LogP contribution in [0.1, 0.15) is 0 Å². The first-order valence-electron chi connectivity index (χ1n) is 7.69. The zero-order valence-electron chi connectivity index (χ0n) is 13.8. The van der Waals surface area contributed by atoms with Gasteiger partial charge in [-0.3, -0.25) is 9.59 Å². The summed E-state index contributed by atoms with van der Waals surface area (Å²) in [6.45, 7) is 0. The van der Waals surface area contributed by atoms with Gasteiger partial charge < -0.3 is 0 Å². The highest BCUT2D eigenvalue weighted by molar-refractivity contribution is 7.91. The van der Waals surface area contributed by atoms with E-state index in [1.165, 1.54) is 36.4 Å². The first-order chi connectivity index (χ1) is 13.6. The van der Waals surface area contributed by atoms with Gasteiger partial charge >= 0.3 is 0 Å². The molecule has 29 heavy (non-hydrogen) atoms. The second kappa shape index (κ2) is 7.50. The highest BCUT2D eigenvalue weighted by Gasteiger charge is 2.26. The first-order valence-corrected chi connectivity index (χ1v) is 12.3. The molecule has 0 radical (unpaired) electrons. The molecule has 0 atom stereocenters. The topological polar surface area (TPSA) is 68.3 Å². The van der Waals surface area contributed by atoms with Crippen molar-refractivity contribution in [2.75, 3.05) is 0 Å². The van der Waals surface area contributed by atoms with Gasteiger partial charge in [-0.15, -0.1) is 0 Å². The molecule has 4 rings (SSSR count). The summed E-state index contributed by atoms with van der Waals surface area (Å²) in [5.41, 5.74) is 0. The van der Waals surface area contributed by atoms with Crippen molar-refractivity contribution in [3.8, 4) is 0 Å².